The number of aryl methyl sites for hydroxylation is 4. The zero-order valence-corrected chi connectivity index (χ0v) is 38.3. The molecule has 0 amide bonds. The smallest absolute Gasteiger partial charge is 0.227 e. The van der Waals surface area contributed by atoms with E-state index in [1.807, 2.05) is 24.4 Å². The molecule has 4 heterocycles. The Bertz CT molecular complexity index is 3170. The van der Waals surface area contributed by atoms with Crippen LogP contribution in [0.3, 0.4) is 0 Å². The fourth-order valence-corrected chi connectivity index (χ4v) is 9.22. The van der Waals surface area contributed by atoms with Crippen molar-refractivity contribution in [2.24, 2.45) is 0 Å². The third-order valence-electron chi connectivity index (χ3n) is 12.6. The number of rotatable bonds is 15. The number of fused-ring (bicyclic) bond motifs is 2. The minimum atomic E-state index is 0.651. The van der Waals surface area contributed by atoms with E-state index in [2.05, 4.69) is 166 Å². The second-order valence-electron chi connectivity index (χ2n) is 17.3. The third kappa shape index (κ3) is 8.71. The molecule has 0 saturated carbocycles. The maximum absolute atomic E-state index is 6.32. The van der Waals surface area contributed by atoms with Crippen LogP contribution in [0.4, 0.5) is 0 Å². The Morgan fingerprint density at radius 1 is 0.364 bits per heavy atom. The molecule has 0 aliphatic carbocycles. The first-order valence-corrected chi connectivity index (χ1v) is 23.7. The van der Waals surface area contributed by atoms with Gasteiger partial charge in [0.05, 0.1) is 17.1 Å². The van der Waals surface area contributed by atoms with Crippen LogP contribution < -0.4 is 0 Å². The van der Waals surface area contributed by atoms with Crippen LogP contribution in [-0.2, 0) is 25.7 Å². The largest absolute Gasteiger partial charge is 0.436 e. The Hall–Kier alpha value is -7.44. The highest BCUT2D eigenvalue weighted by Crippen LogP contribution is 2.37. The predicted octanol–water partition coefficient (Wildman–Crippen LogP) is 16.2. The molecule has 10 rings (SSSR count). The van der Waals surface area contributed by atoms with Gasteiger partial charge in [0.2, 0.25) is 11.8 Å². The standard InChI is InChI=1S/C60H54N4O2/c1-5-11-47-35-54-56(37-49(47)13-7-3)65-59(63-54)45-28-20-41(21-29-45)39-16-24-43(25-17-39)51-32-33-53(52-15-9-10-34-61-52)62-58(51)44-26-18-40(19-27-44)42-22-30-46(31-23-42)60-64-55-36-48(12-6-2)50(14-8-4)38-57(55)66-60/h9-10,15-38H,5-8,11-14H2,1-4H3. The van der Waals surface area contributed by atoms with Crippen LogP contribution in [0.5, 0.6) is 0 Å². The van der Waals surface area contributed by atoms with Crippen molar-refractivity contribution in [2.45, 2.75) is 79.1 Å². The number of pyridine rings is 2. The molecule has 6 nitrogen and oxygen atoms in total. The van der Waals surface area contributed by atoms with Crippen LogP contribution in [0.2, 0.25) is 0 Å². The lowest BCUT2D eigenvalue weighted by atomic mass is 9.95. The highest BCUT2D eigenvalue weighted by molar-refractivity contribution is 5.85. The van der Waals surface area contributed by atoms with Crippen LogP contribution >= 0.6 is 0 Å². The SMILES string of the molecule is CCCc1cc2nc(-c3ccc(-c4ccc(-c5ccc(-c6ccccn6)nc5-c5ccc(-c6ccc(-c7nc8cc(CCC)c(CCC)cc8o7)cc6)cc5)cc4)cc3)oc2cc1CCC. The highest BCUT2D eigenvalue weighted by atomic mass is 16.4. The monoisotopic (exact) mass is 862 g/mol. The van der Waals surface area contributed by atoms with Crippen molar-refractivity contribution in [1.82, 2.24) is 19.9 Å². The van der Waals surface area contributed by atoms with E-state index in [4.69, 9.17) is 23.8 Å². The first kappa shape index (κ1) is 42.5. The average molecular weight is 863 g/mol. The summed E-state index contributed by atoms with van der Waals surface area (Å²) in [7, 11) is 0. The molecular weight excluding hydrogens is 809 g/mol. The number of hydrogen-bond donors (Lipinski definition) is 0. The molecule has 326 valence electrons. The van der Waals surface area contributed by atoms with Crippen molar-refractivity contribution in [3.8, 4) is 78.9 Å². The summed E-state index contributed by atoms with van der Waals surface area (Å²) in [6.45, 7) is 8.91. The fraction of sp³-hybridized carbons (Fsp3) is 0.200. The summed E-state index contributed by atoms with van der Waals surface area (Å²) in [4.78, 5) is 19.7. The molecule has 0 fully saturated rings. The van der Waals surface area contributed by atoms with E-state index in [-0.39, 0.29) is 0 Å². The molecule has 0 unspecified atom stereocenters. The zero-order chi connectivity index (χ0) is 45.0. The normalized spacial score (nSPS) is 11.5. The Labute approximate surface area is 387 Å². The second kappa shape index (κ2) is 19.0. The molecule has 0 N–H and O–H groups in total. The van der Waals surface area contributed by atoms with Gasteiger partial charge in [-0.05, 0) is 149 Å². The van der Waals surface area contributed by atoms with Gasteiger partial charge in [0.1, 0.15) is 11.0 Å². The number of nitrogens with zero attached hydrogens (tertiary/aromatic N) is 4. The molecule has 0 atom stereocenters. The first-order valence-electron chi connectivity index (χ1n) is 23.7. The van der Waals surface area contributed by atoms with Gasteiger partial charge >= 0.3 is 0 Å². The lowest BCUT2D eigenvalue weighted by Gasteiger charge is -2.13. The summed E-state index contributed by atoms with van der Waals surface area (Å²) >= 11 is 0. The maximum Gasteiger partial charge on any atom is 0.227 e. The molecule has 0 aliphatic rings. The van der Waals surface area contributed by atoms with Crippen molar-refractivity contribution in [1.29, 1.82) is 0 Å². The molecule has 0 spiro atoms. The maximum atomic E-state index is 6.32. The van der Waals surface area contributed by atoms with E-state index in [0.717, 1.165) is 141 Å². The molecule has 6 heteroatoms. The lowest BCUT2D eigenvalue weighted by Crippen LogP contribution is -1.94. The summed E-state index contributed by atoms with van der Waals surface area (Å²) in [5, 5.41) is 0. The number of benzene rings is 6. The van der Waals surface area contributed by atoms with Crippen LogP contribution in [0.1, 0.15) is 75.6 Å². The third-order valence-corrected chi connectivity index (χ3v) is 12.6. The predicted molar refractivity (Wildman–Crippen MR) is 271 cm³/mol. The van der Waals surface area contributed by atoms with Crippen LogP contribution in [-0.4, -0.2) is 19.9 Å². The molecule has 66 heavy (non-hydrogen) atoms. The van der Waals surface area contributed by atoms with Crippen LogP contribution in [0.25, 0.3) is 101 Å². The molecule has 0 saturated heterocycles. The van der Waals surface area contributed by atoms with Crippen molar-refractivity contribution in [3.63, 3.8) is 0 Å². The molecule has 0 aliphatic heterocycles. The Kier molecular flexibility index (Phi) is 12.2. The van der Waals surface area contributed by atoms with Gasteiger partial charge in [0.25, 0.3) is 0 Å². The summed E-state index contributed by atoms with van der Waals surface area (Å²) in [5.41, 5.74) is 21.2. The van der Waals surface area contributed by atoms with Crippen molar-refractivity contribution in [3.05, 3.63) is 180 Å². The number of hydrogen-bond acceptors (Lipinski definition) is 6. The lowest BCUT2D eigenvalue weighted by molar-refractivity contribution is 0.618. The Balaban J connectivity index is 0.904. The molecule has 0 bridgehead atoms. The average Bonchev–Trinajstić information content (AvgIpc) is 3.99. The van der Waals surface area contributed by atoms with Crippen LogP contribution in [0, 0.1) is 0 Å². The van der Waals surface area contributed by atoms with Crippen LogP contribution in [0.15, 0.2) is 167 Å². The van der Waals surface area contributed by atoms with E-state index in [1.54, 1.807) is 0 Å². The van der Waals surface area contributed by atoms with E-state index in [9.17, 15) is 0 Å². The zero-order valence-electron chi connectivity index (χ0n) is 38.3. The van der Waals surface area contributed by atoms with Gasteiger partial charge in [-0.2, -0.15) is 0 Å². The van der Waals surface area contributed by atoms with E-state index in [1.165, 1.54) is 22.3 Å². The molecular formula is C60H54N4O2. The molecule has 6 aromatic carbocycles. The van der Waals surface area contributed by atoms with Crippen molar-refractivity contribution < 1.29 is 8.83 Å². The van der Waals surface area contributed by atoms with Gasteiger partial charge in [0, 0.05) is 28.5 Å². The highest BCUT2D eigenvalue weighted by Gasteiger charge is 2.17. The van der Waals surface area contributed by atoms with Crippen molar-refractivity contribution in [2.75, 3.05) is 0 Å². The van der Waals surface area contributed by atoms with Gasteiger partial charge in [-0.1, -0.05) is 132 Å². The summed E-state index contributed by atoms with van der Waals surface area (Å²) in [6.07, 6.45) is 10.5. The van der Waals surface area contributed by atoms with Crippen molar-refractivity contribution >= 4 is 22.2 Å². The fourth-order valence-electron chi connectivity index (χ4n) is 9.22. The summed E-state index contributed by atoms with van der Waals surface area (Å²) in [5.74, 6) is 1.30. The Morgan fingerprint density at radius 2 is 0.773 bits per heavy atom. The molecule has 10 aromatic rings. The first-order chi connectivity index (χ1) is 32.5. The Morgan fingerprint density at radius 3 is 1.20 bits per heavy atom. The van der Waals surface area contributed by atoms with E-state index >= 15 is 0 Å². The summed E-state index contributed by atoms with van der Waals surface area (Å²) < 4.78 is 12.6. The van der Waals surface area contributed by atoms with E-state index in [0.29, 0.717) is 11.8 Å². The van der Waals surface area contributed by atoms with Gasteiger partial charge in [0.15, 0.2) is 11.2 Å². The van der Waals surface area contributed by atoms with Gasteiger partial charge < -0.3 is 8.83 Å². The van der Waals surface area contributed by atoms with E-state index < -0.39 is 0 Å². The quantitative estimate of drug-likeness (QED) is 0.102. The molecule has 4 aromatic heterocycles. The minimum Gasteiger partial charge on any atom is -0.436 e. The second-order valence-corrected chi connectivity index (χ2v) is 17.3. The number of aromatic nitrogens is 4. The van der Waals surface area contributed by atoms with Gasteiger partial charge in [-0.15, -0.1) is 0 Å². The van der Waals surface area contributed by atoms with Gasteiger partial charge in [-0.25, -0.2) is 15.0 Å². The topological polar surface area (TPSA) is 77.8 Å². The minimum absolute atomic E-state index is 0.651. The number of oxazole rings is 2. The molecule has 0 radical (unpaired) electrons. The summed E-state index contributed by atoms with van der Waals surface area (Å²) in [6, 6.07) is 53.4. The van der Waals surface area contributed by atoms with Gasteiger partial charge in [-0.3, -0.25) is 4.98 Å².